The highest BCUT2D eigenvalue weighted by Crippen LogP contribution is 2.43. The van der Waals surface area contributed by atoms with Crippen LogP contribution in [0.1, 0.15) is 69.3 Å². The Morgan fingerprint density at radius 3 is 2.73 bits per heavy atom. The van der Waals surface area contributed by atoms with Gasteiger partial charge in [0, 0.05) is 48.4 Å². The molecule has 0 radical (unpaired) electrons. The third-order valence-corrected chi connectivity index (χ3v) is 6.50. The predicted octanol–water partition coefficient (Wildman–Crippen LogP) is 5.83. The van der Waals surface area contributed by atoms with Crippen LogP contribution in [-0.2, 0) is 11.4 Å². The van der Waals surface area contributed by atoms with Gasteiger partial charge in [-0.05, 0) is 64.8 Å². The molecule has 0 saturated heterocycles. The van der Waals surface area contributed by atoms with Crippen molar-refractivity contribution in [2.75, 3.05) is 18.7 Å². The molecule has 0 bridgehead atoms. The summed E-state index contributed by atoms with van der Waals surface area (Å²) < 4.78 is 19.5. The fourth-order valence-electron chi connectivity index (χ4n) is 4.70. The SMILES string of the molecule is CC/C=C1/c2ccnc(N(N=O)C3C=C(C)ON3C)c2CN1C(C)c1cnc(OCC(C)(C)F)c(C)c1. The fraction of sp³-hybridized carbons (Fsp3) is 0.481. The van der Waals surface area contributed by atoms with Crippen LogP contribution in [0.15, 0.2) is 47.7 Å². The second-order valence-corrected chi connectivity index (χ2v) is 10.1. The van der Waals surface area contributed by atoms with E-state index < -0.39 is 11.8 Å². The van der Waals surface area contributed by atoms with Crippen molar-refractivity contribution in [3.8, 4) is 5.88 Å². The molecule has 2 atom stereocenters. The topological polar surface area (TPSA) is 83.4 Å². The molecule has 9 nitrogen and oxygen atoms in total. The summed E-state index contributed by atoms with van der Waals surface area (Å²) in [5.74, 6) is 1.63. The Hall–Kier alpha value is -3.53. The van der Waals surface area contributed by atoms with E-state index in [9.17, 15) is 9.30 Å². The zero-order valence-electron chi connectivity index (χ0n) is 22.5. The van der Waals surface area contributed by atoms with Crippen LogP contribution in [0, 0.1) is 11.8 Å². The van der Waals surface area contributed by atoms with Crippen LogP contribution >= 0.6 is 0 Å². The number of nitrogens with zero attached hydrogens (tertiary/aromatic N) is 6. The Bertz CT molecular complexity index is 1230. The van der Waals surface area contributed by atoms with Crippen molar-refractivity contribution in [3.05, 3.63) is 69.6 Å². The maximum Gasteiger partial charge on any atom is 0.216 e. The van der Waals surface area contributed by atoms with Crippen LogP contribution in [0.5, 0.6) is 5.88 Å². The summed E-state index contributed by atoms with van der Waals surface area (Å²) in [6, 6.07) is 3.97. The lowest BCUT2D eigenvalue weighted by Gasteiger charge is -2.29. The zero-order chi connectivity index (χ0) is 26.9. The third kappa shape index (κ3) is 5.44. The maximum absolute atomic E-state index is 13.9. The first-order valence-electron chi connectivity index (χ1n) is 12.5. The summed E-state index contributed by atoms with van der Waals surface area (Å²) in [5.41, 5.74) is 3.42. The van der Waals surface area contributed by atoms with Crippen molar-refractivity contribution in [1.82, 2.24) is 19.9 Å². The first kappa shape index (κ1) is 26.5. The van der Waals surface area contributed by atoms with Crippen molar-refractivity contribution >= 4 is 11.5 Å². The van der Waals surface area contributed by atoms with Gasteiger partial charge in [0.1, 0.15) is 18.0 Å². The smallest absolute Gasteiger partial charge is 0.216 e. The number of alkyl halides is 1. The molecule has 0 fully saturated rings. The summed E-state index contributed by atoms with van der Waals surface area (Å²) >= 11 is 0. The fourth-order valence-corrected chi connectivity index (χ4v) is 4.70. The Morgan fingerprint density at radius 2 is 2.14 bits per heavy atom. The normalized spacial score (nSPS) is 19.5. The number of allylic oxidation sites excluding steroid dienone is 2. The van der Waals surface area contributed by atoms with Gasteiger partial charge >= 0.3 is 0 Å². The molecule has 2 aromatic heterocycles. The number of aromatic nitrogens is 2. The second kappa shape index (κ2) is 10.5. The number of pyridine rings is 2. The number of fused-ring (bicyclic) bond motifs is 1. The van der Waals surface area contributed by atoms with Crippen molar-refractivity contribution < 1.29 is 14.0 Å². The molecule has 198 valence electrons. The second-order valence-electron chi connectivity index (χ2n) is 10.1. The van der Waals surface area contributed by atoms with Gasteiger partial charge in [0.2, 0.25) is 5.88 Å². The Morgan fingerprint density at radius 1 is 1.38 bits per heavy atom. The molecule has 2 aliphatic heterocycles. The minimum atomic E-state index is -1.44. The van der Waals surface area contributed by atoms with E-state index in [2.05, 4.69) is 40.1 Å². The van der Waals surface area contributed by atoms with Crippen molar-refractivity contribution in [2.24, 2.45) is 5.29 Å². The molecular weight excluding hydrogens is 475 g/mol. The first-order valence-corrected chi connectivity index (χ1v) is 12.5. The largest absolute Gasteiger partial charge is 0.474 e. The van der Waals surface area contributed by atoms with Crippen LogP contribution in [0.4, 0.5) is 10.2 Å². The monoisotopic (exact) mass is 510 g/mol. The standard InChI is InChI=1S/C27H35FN6O3/c1-8-9-23-21-10-11-29-25(34(31-35)24-13-18(3)37-32(24)7)22(21)15-33(23)19(4)20-12-17(2)26(30-14-20)36-16-27(5,6)28/h9-14,19,24H,8,15-16H2,1-7H3/b23-9-. The molecule has 2 aliphatic rings. The lowest BCUT2D eigenvalue weighted by atomic mass is 10.1. The highest BCUT2D eigenvalue weighted by molar-refractivity contribution is 5.75. The number of hydroxylamine groups is 2. The van der Waals surface area contributed by atoms with E-state index in [4.69, 9.17) is 9.57 Å². The van der Waals surface area contributed by atoms with E-state index in [-0.39, 0.29) is 12.6 Å². The molecule has 37 heavy (non-hydrogen) atoms. The van der Waals surface area contributed by atoms with Gasteiger partial charge in [-0.15, -0.1) is 9.97 Å². The van der Waals surface area contributed by atoms with Crippen molar-refractivity contribution in [3.63, 3.8) is 0 Å². The van der Waals surface area contributed by atoms with E-state index >= 15 is 0 Å². The van der Waals surface area contributed by atoms with Crippen LogP contribution < -0.4 is 9.75 Å². The molecule has 0 N–H and O–H groups in total. The van der Waals surface area contributed by atoms with Gasteiger partial charge in [0.15, 0.2) is 12.0 Å². The number of halogens is 1. The molecule has 4 heterocycles. The average Bonchev–Trinajstić information content (AvgIpc) is 3.37. The molecule has 0 saturated carbocycles. The van der Waals surface area contributed by atoms with E-state index in [0.29, 0.717) is 24.0 Å². The summed E-state index contributed by atoms with van der Waals surface area (Å²) in [6.07, 6.45) is 7.86. The Balaban J connectivity index is 1.65. The molecule has 0 aliphatic carbocycles. The Labute approximate surface area is 217 Å². The molecule has 0 aromatic carbocycles. The lowest BCUT2D eigenvalue weighted by Crippen LogP contribution is -2.40. The minimum Gasteiger partial charge on any atom is -0.474 e. The van der Waals surface area contributed by atoms with Gasteiger partial charge in [-0.25, -0.2) is 14.4 Å². The third-order valence-electron chi connectivity index (χ3n) is 6.50. The van der Waals surface area contributed by atoms with E-state index in [1.165, 1.54) is 18.9 Å². The van der Waals surface area contributed by atoms with Gasteiger partial charge in [-0.3, -0.25) is 0 Å². The minimum absolute atomic E-state index is 0.0341. The number of hydrogen-bond donors (Lipinski definition) is 0. The average molecular weight is 511 g/mol. The van der Waals surface area contributed by atoms with Gasteiger partial charge < -0.3 is 14.5 Å². The number of aryl methyl sites for hydroxylation is 1. The highest BCUT2D eigenvalue weighted by Gasteiger charge is 2.36. The van der Waals surface area contributed by atoms with E-state index in [1.54, 1.807) is 24.5 Å². The summed E-state index contributed by atoms with van der Waals surface area (Å²) in [5, 5.41) is 6.26. The number of likely N-dealkylation sites (N-methyl/N-ethyl adjacent to an activating group) is 1. The van der Waals surface area contributed by atoms with Crippen LogP contribution in [-0.4, -0.2) is 45.4 Å². The molecular formula is C27H35FN6O3. The first-order chi connectivity index (χ1) is 17.5. The van der Waals surface area contributed by atoms with E-state index in [0.717, 1.165) is 34.4 Å². The summed E-state index contributed by atoms with van der Waals surface area (Å²) in [6.45, 7) is 11.4. The number of nitroso groups, excluding NO2 is 1. The maximum atomic E-state index is 13.9. The molecule has 2 aromatic rings. The Kier molecular flexibility index (Phi) is 7.49. The summed E-state index contributed by atoms with van der Waals surface area (Å²) in [7, 11) is 1.76. The molecule has 0 amide bonds. The van der Waals surface area contributed by atoms with Gasteiger partial charge in [-0.1, -0.05) is 13.0 Å². The number of hydrogen-bond acceptors (Lipinski definition) is 8. The number of ether oxygens (including phenoxy) is 1. The van der Waals surface area contributed by atoms with Gasteiger partial charge in [-0.2, -0.15) is 5.01 Å². The lowest BCUT2D eigenvalue weighted by molar-refractivity contribution is -0.0932. The molecule has 2 unspecified atom stereocenters. The van der Waals surface area contributed by atoms with Crippen LogP contribution in [0.25, 0.3) is 5.70 Å². The van der Waals surface area contributed by atoms with Crippen molar-refractivity contribution in [2.45, 2.75) is 72.4 Å². The number of rotatable bonds is 9. The van der Waals surface area contributed by atoms with Crippen LogP contribution in [0.3, 0.4) is 0 Å². The molecule has 10 heteroatoms. The predicted molar refractivity (Wildman–Crippen MR) is 141 cm³/mol. The molecule has 4 rings (SSSR count). The highest BCUT2D eigenvalue weighted by atomic mass is 19.1. The number of anilines is 1. The summed E-state index contributed by atoms with van der Waals surface area (Å²) in [4.78, 5) is 28.9. The van der Waals surface area contributed by atoms with E-state index in [1.807, 2.05) is 32.1 Å². The zero-order valence-corrected chi connectivity index (χ0v) is 22.5. The van der Waals surface area contributed by atoms with Crippen molar-refractivity contribution in [1.29, 1.82) is 0 Å². The van der Waals surface area contributed by atoms with Crippen LogP contribution in [0.2, 0.25) is 0 Å². The molecule has 0 spiro atoms. The van der Waals surface area contributed by atoms with Gasteiger partial charge in [0.05, 0.1) is 11.3 Å². The quantitative estimate of drug-likeness (QED) is 0.308. The van der Waals surface area contributed by atoms with Gasteiger partial charge in [0.25, 0.3) is 0 Å².